The van der Waals surface area contributed by atoms with Gasteiger partial charge in [-0.2, -0.15) is 0 Å². The van der Waals surface area contributed by atoms with Gasteiger partial charge in [-0.25, -0.2) is 0 Å². The minimum atomic E-state index is 0.676. The van der Waals surface area contributed by atoms with E-state index in [0.29, 0.717) is 12.6 Å². The molecular formula is C16H25ClN2O. The largest absolute Gasteiger partial charge is 0.494 e. The molecule has 1 fully saturated rings. The van der Waals surface area contributed by atoms with Crippen molar-refractivity contribution in [1.29, 1.82) is 0 Å². The summed E-state index contributed by atoms with van der Waals surface area (Å²) in [5, 5.41) is 4.32. The topological polar surface area (TPSA) is 24.5 Å². The predicted molar refractivity (Wildman–Crippen MR) is 84.6 cm³/mol. The van der Waals surface area contributed by atoms with Gasteiger partial charge in [0.1, 0.15) is 5.75 Å². The van der Waals surface area contributed by atoms with E-state index in [-0.39, 0.29) is 0 Å². The summed E-state index contributed by atoms with van der Waals surface area (Å²) in [6, 6.07) is 6.50. The molecule has 0 radical (unpaired) electrons. The highest BCUT2D eigenvalue weighted by atomic mass is 35.5. The average molecular weight is 297 g/mol. The standard InChI is InChI=1S/C16H25ClN2O/c1-3-19-9-5-6-15(19)12-18-11-13-10-14(17)7-8-16(13)20-4-2/h7-8,10,15,18H,3-6,9,11-12H2,1-2H3/t15-/m1/s1. The first-order chi connectivity index (χ1) is 9.74. The zero-order valence-electron chi connectivity index (χ0n) is 12.5. The summed E-state index contributed by atoms with van der Waals surface area (Å²) in [7, 11) is 0. The Balaban J connectivity index is 1.88. The fourth-order valence-electron chi connectivity index (χ4n) is 2.90. The number of halogens is 1. The van der Waals surface area contributed by atoms with Crippen molar-refractivity contribution in [3.05, 3.63) is 28.8 Å². The SMILES string of the molecule is CCOc1ccc(Cl)cc1CNC[C@H]1CCCN1CC. The van der Waals surface area contributed by atoms with E-state index in [1.807, 2.05) is 25.1 Å². The highest BCUT2D eigenvalue weighted by Crippen LogP contribution is 2.23. The van der Waals surface area contributed by atoms with Gasteiger partial charge >= 0.3 is 0 Å². The lowest BCUT2D eigenvalue weighted by atomic mass is 10.1. The second-order valence-corrected chi connectivity index (χ2v) is 5.68. The highest BCUT2D eigenvalue weighted by molar-refractivity contribution is 6.30. The van der Waals surface area contributed by atoms with Crippen molar-refractivity contribution in [3.63, 3.8) is 0 Å². The summed E-state index contributed by atoms with van der Waals surface area (Å²) in [6.45, 7) is 9.15. The molecule has 1 aliphatic heterocycles. The summed E-state index contributed by atoms with van der Waals surface area (Å²) in [5.41, 5.74) is 1.14. The van der Waals surface area contributed by atoms with Crippen LogP contribution in [0.1, 0.15) is 32.3 Å². The van der Waals surface area contributed by atoms with Gasteiger partial charge < -0.3 is 10.1 Å². The number of nitrogens with zero attached hydrogens (tertiary/aromatic N) is 1. The molecule has 1 aromatic carbocycles. The van der Waals surface area contributed by atoms with Crippen molar-refractivity contribution >= 4 is 11.6 Å². The van der Waals surface area contributed by atoms with Gasteiger partial charge in [-0.15, -0.1) is 0 Å². The van der Waals surface area contributed by atoms with Gasteiger partial charge in [0.2, 0.25) is 0 Å². The molecule has 0 spiro atoms. The van der Waals surface area contributed by atoms with Gasteiger partial charge in [-0.05, 0) is 51.1 Å². The Morgan fingerprint density at radius 3 is 3.00 bits per heavy atom. The van der Waals surface area contributed by atoms with Crippen molar-refractivity contribution in [1.82, 2.24) is 10.2 Å². The maximum absolute atomic E-state index is 6.08. The van der Waals surface area contributed by atoms with E-state index in [2.05, 4.69) is 17.1 Å². The number of ether oxygens (including phenoxy) is 1. The molecule has 0 aromatic heterocycles. The molecule has 1 saturated heterocycles. The van der Waals surface area contributed by atoms with Gasteiger partial charge in [-0.1, -0.05) is 18.5 Å². The van der Waals surface area contributed by atoms with Crippen LogP contribution in [0.3, 0.4) is 0 Å². The number of nitrogens with one attached hydrogen (secondary N) is 1. The van der Waals surface area contributed by atoms with Crippen molar-refractivity contribution < 1.29 is 4.74 Å². The lowest BCUT2D eigenvalue weighted by Crippen LogP contribution is -2.37. The molecule has 4 heteroatoms. The smallest absolute Gasteiger partial charge is 0.123 e. The molecule has 1 heterocycles. The van der Waals surface area contributed by atoms with Gasteiger partial charge in [0.25, 0.3) is 0 Å². The van der Waals surface area contributed by atoms with E-state index in [0.717, 1.165) is 36.0 Å². The van der Waals surface area contributed by atoms with E-state index in [9.17, 15) is 0 Å². The Kier molecular flexibility index (Phi) is 6.14. The Morgan fingerprint density at radius 2 is 2.25 bits per heavy atom. The molecule has 1 aromatic rings. The molecule has 0 amide bonds. The van der Waals surface area contributed by atoms with Crippen LogP contribution < -0.4 is 10.1 Å². The molecule has 2 rings (SSSR count). The van der Waals surface area contributed by atoms with Crippen molar-refractivity contribution in [3.8, 4) is 5.75 Å². The first-order valence-corrected chi connectivity index (χ1v) is 7.98. The van der Waals surface area contributed by atoms with Crippen LogP contribution in [-0.2, 0) is 6.54 Å². The third-order valence-corrected chi connectivity index (χ3v) is 4.16. The zero-order chi connectivity index (χ0) is 14.4. The quantitative estimate of drug-likeness (QED) is 0.835. The van der Waals surface area contributed by atoms with Crippen molar-refractivity contribution in [2.45, 2.75) is 39.3 Å². The summed E-state index contributed by atoms with van der Waals surface area (Å²) in [5.74, 6) is 0.933. The summed E-state index contributed by atoms with van der Waals surface area (Å²) in [4.78, 5) is 2.55. The number of likely N-dealkylation sites (N-methyl/N-ethyl adjacent to an activating group) is 1. The van der Waals surface area contributed by atoms with E-state index in [1.165, 1.54) is 19.4 Å². The van der Waals surface area contributed by atoms with Crippen LogP contribution >= 0.6 is 11.6 Å². The predicted octanol–water partition coefficient (Wildman–Crippen LogP) is 3.31. The molecule has 0 bridgehead atoms. The van der Waals surface area contributed by atoms with Crippen LogP contribution in [0, 0.1) is 0 Å². The summed E-state index contributed by atoms with van der Waals surface area (Å²) >= 11 is 6.08. The van der Waals surface area contributed by atoms with Gasteiger partial charge in [0.15, 0.2) is 0 Å². The lowest BCUT2D eigenvalue weighted by Gasteiger charge is -2.23. The average Bonchev–Trinajstić information content (AvgIpc) is 2.89. The van der Waals surface area contributed by atoms with Crippen molar-refractivity contribution in [2.75, 3.05) is 26.2 Å². The lowest BCUT2D eigenvalue weighted by molar-refractivity contribution is 0.259. The third kappa shape index (κ3) is 4.11. The third-order valence-electron chi connectivity index (χ3n) is 3.92. The zero-order valence-corrected chi connectivity index (χ0v) is 13.2. The number of hydrogen-bond donors (Lipinski definition) is 1. The van der Waals surface area contributed by atoms with Crippen LogP contribution in [-0.4, -0.2) is 37.2 Å². The van der Waals surface area contributed by atoms with Gasteiger partial charge in [0.05, 0.1) is 6.61 Å². The molecule has 20 heavy (non-hydrogen) atoms. The summed E-state index contributed by atoms with van der Waals surface area (Å²) < 4.78 is 5.65. The molecule has 1 N–H and O–H groups in total. The van der Waals surface area contributed by atoms with Crippen molar-refractivity contribution in [2.24, 2.45) is 0 Å². The Hall–Kier alpha value is -0.770. The minimum absolute atomic E-state index is 0.676. The van der Waals surface area contributed by atoms with Crippen LogP contribution in [0.2, 0.25) is 5.02 Å². The fraction of sp³-hybridized carbons (Fsp3) is 0.625. The van der Waals surface area contributed by atoms with E-state index in [1.54, 1.807) is 0 Å². The van der Waals surface area contributed by atoms with Crippen LogP contribution in [0.4, 0.5) is 0 Å². The second kappa shape index (κ2) is 7.87. The highest BCUT2D eigenvalue weighted by Gasteiger charge is 2.22. The molecule has 1 atom stereocenters. The maximum atomic E-state index is 6.08. The van der Waals surface area contributed by atoms with E-state index in [4.69, 9.17) is 16.3 Å². The van der Waals surface area contributed by atoms with E-state index >= 15 is 0 Å². The first-order valence-electron chi connectivity index (χ1n) is 7.60. The van der Waals surface area contributed by atoms with E-state index < -0.39 is 0 Å². The van der Waals surface area contributed by atoms with Crippen LogP contribution in [0.15, 0.2) is 18.2 Å². The number of rotatable bonds is 7. The normalized spacial score (nSPS) is 19.4. The van der Waals surface area contributed by atoms with Gasteiger partial charge in [-0.3, -0.25) is 4.90 Å². The van der Waals surface area contributed by atoms with Crippen LogP contribution in [0.25, 0.3) is 0 Å². The van der Waals surface area contributed by atoms with Crippen LogP contribution in [0.5, 0.6) is 5.75 Å². The maximum Gasteiger partial charge on any atom is 0.123 e. The Labute approximate surface area is 127 Å². The molecule has 0 saturated carbocycles. The first kappa shape index (κ1) is 15.6. The van der Waals surface area contributed by atoms with Gasteiger partial charge in [0, 0.05) is 29.7 Å². The Morgan fingerprint density at radius 1 is 1.40 bits per heavy atom. The number of benzene rings is 1. The molecular weight excluding hydrogens is 272 g/mol. The monoisotopic (exact) mass is 296 g/mol. The molecule has 3 nitrogen and oxygen atoms in total. The molecule has 112 valence electrons. The summed E-state index contributed by atoms with van der Waals surface area (Å²) in [6.07, 6.45) is 2.62. The Bertz CT molecular complexity index is 425. The fourth-order valence-corrected chi connectivity index (χ4v) is 3.09. The molecule has 1 aliphatic rings. The molecule has 0 unspecified atom stereocenters. The number of likely N-dealkylation sites (tertiary alicyclic amines) is 1. The second-order valence-electron chi connectivity index (χ2n) is 5.24. The number of hydrogen-bond acceptors (Lipinski definition) is 3. The molecule has 0 aliphatic carbocycles. The minimum Gasteiger partial charge on any atom is -0.494 e.